The van der Waals surface area contributed by atoms with Crippen LogP contribution in [-0.2, 0) is 4.79 Å². The number of hydrogen-bond acceptors (Lipinski definition) is 6. The third kappa shape index (κ3) is 3.41. The van der Waals surface area contributed by atoms with Crippen LogP contribution in [0.3, 0.4) is 0 Å². The molecule has 1 unspecified atom stereocenters. The monoisotopic (exact) mass is 250 g/mol. The Morgan fingerprint density at radius 2 is 2.44 bits per heavy atom. The van der Waals surface area contributed by atoms with Crippen LogP contribution in [-0.4, -0.2) is 27.0 Å². The van der Waals surface area contributed by atoms with Crippen molar-refractivity contribution in [1.29, 1.82) is 5.26 Å². The predicted octanol–water partition coefficient (Wildman–Crippen LogP) is 1.14. The Bertz CT molecular complexity index is 523. The molecule has 94 valence electrons. The van der Waals surface area contributed by atoms with Gasteiger partial charge in [0.05, 0.1) is 11.3 Å². The Morgan fingerprint density at radius 3 is 2.94 bits per heavy atom. The molecule has 18 heavy (non-hydrogen) atoms. The molecule has 0 saturated heterocycles. The summed E-state index contributed by atoms with van der Waals surface area (Å²) >= 11 is 0. The number of hydrogen-bond donors (Lipinski definition) is 2. The molecule has 1 heterocycles. The van der Waals surface area contributed by atoms with E-state index in [0.717, 1.165) is 12.3 Å². The van der Waals surface area contributed by atoms with E-state index in [1.807, 2.05) is 0 Å². The molecule has 1 aromatic heterocycles. The van der Waals surface area contributed by atoms with Crippen LogP contribution >= 0.6 is 0 Å². The maximum absolute atomic E-state index is 10.5. The highest BCUT2D eigenvalue weighted by molar-refractivity contribution is 5.68. The summed E-state index contributed by atoms with van der Waals surface area (Å²) in [5.41, 5.74) is -0.288. The van der Waals surface area contributed by atoms with Crippen molar-refractivity contribution in [3.8, 4) is 6.07 Å². The third-order valence-corrected chi connectivity index (χ3v) is 2.07. The fourth-order valence-electron chi connectivity index (χ4n) is 1.30. The summed E-state index contributed by atoms with van der Waals surface area (Å²) in [4.78, 5) is 24.1. The lowest BCUT2D eigenvalue weighted by Gasteiger charge is -2.12. The van der Waals surface area contributed by atoms with Crippen LogP contribution in [0.4, 0.5) is 11.5 Å². The van der Waals surface area contributed by atoms with Gasteiger partial charge in [-0.3, -0.25) is 14.9 Å². The van der Waals surface area contributed by atoms with Gasteiger partial charge in [0.1, 0.15) is 23.6 Å². The number of rotatable bonds is 5. The minimum Gasteiger partial charge on any atom is -0.481 e. The van der Waals surface area contributed by atoms with E-state index < -0.39 is 16.9 Å². The van der Waals surface area contributed by atoms with Crippen LogP contribution in [0.25, 0.3) is 0 Å². The highest BCUT2D eigenvalue weighted by atomic mass is 16.6. The second-order valence-electron chi connectivity index (χ2n) is 3.60. The molecule has 0 bridgehead atoms. The Morgan fingerprint density at radius 1 is 1.78 bits per heavy atom. The van der Waals surface area contributed by atoms with Crippen molar-refractivity contribution in [2.24, 2.45) is 0 Å². The topological polar surface area (TPSA) is 129 Å². The van der Waals surface area contributed by atoms with Gasteiger partial charge in [0, 0.05) is 12.1 Å². The number of aromatic nitrogens is 1. The molecule has 8 nitrogen and oxygen atoms in total. The summed E-state index contributed by atoms with van der Waals surface area (Å²) in [6.45, 7) is 1.61. The minimum atomic E-state index is -0.990. The Kier molecular flexibility index (Phi) is 4.15. The molecule has 0 aliphatic rings. The van der Waals surface area contributed by atoms with Crippen molar-refractivity contribution in [3.63, 3.8) is 0 Å². The highest BCUT2D eigenvalue weighted by Crippen LogP contribution is 2.19. The minimum absolute atomic E-state index is 0.00133. The van der Waals surface area contributed by atoms with Crippen molar-refractivity contribution < 1.29 is 14.8 Å². The SMILES string of the molecule is CC(CC(=O)O)Nc1ncc([N+](=O)[O-])cc1C#N. The average molecular weight is 250 g/mol. The Labute approximate surface area is 102 Å². The van der Waals surface area contributed by atoms with Gasteiger partial charge in [0.15, 0.2) is 0 Å². The summed E-state index contributed by atoms with van der Waals surface area (Å²) in [5, 5.41) is 30.7. The van der Waals surface area contributed by atoms with E-state index in [-0.39, 0.29) is 23.5 Å². The number of nitrogens with one attached hydrogen (secondary N) is 1. The summed E-state index contributed by atoms with van der Waals surface area (Å²) in [7, 11) is 0. The second kappa shape index (κ2) is 5.58. The smallest absolute Gasteiger partial charge is 0.305 e. The van der Waals surface area contributed by atoms with Crippen LogP contribution in [0.5, 0.6) is 0 Å². The third-order valence-electron chi connectivity index (χ3n) is 2.07. The molecule has 0 saturated carbocycles. The van der Waals surface area contributed by atoms with Gasteiger partial charge in [0.2, 0.25) is 0 Å². The molecule has 0 aromatic carbocycles. The van der Waals surface area contributed by atoms with Crippen molar-refractivity contribution in [3.05, 3.63) is 27.9 Å². The van der Waals surface area contributed by atoms with Gasteiger partial charge < -0.3 is 10.4 Å². The zero-order valence-electron chi connectivity index (χ0n) is 9.45. The zero-order valence-corrected chi connectivity index (χ0v) is 9.45. The Hall–Kier alpha value is -2.69. The van der Waals surface area contributed by atoms with Crippen LogP contribution in [0.15, 0.2) is 12.3 Å². The lowest BCUT2D eigenvalue weighted by molar-refractivity contribution is -0.385. The molecule has 1 aromatic rings. The van der Waals surface area contributed by atoms with Gasteiger partial charge in [-0.05, 0) is 6.92 Å². The molecule has 0 spiro atoms. The molecule has 0 amide bonds. The van der Waals surface area contributed by atoms with E-state index in [1.54, 1.807) is 13.0 Å². The molecular formula is C10H10N4O4. The molecule has 0 radical (unpaired) electrons. The molecule has 8 heteroatoms. The second-order valence-corrected chi connectivity index (χ2v) is 3.60. The van der Waals surface area contributed by atoms with Gasteiger partial charge in [-0.25, -0.2) is 4.98 Å². The molecule has 2 N–H and O–H groups in total. The zero-order chi connectivity index (χ0) is 13.7. The van der Waals surface area contributed by atoms with Crippen molar-refractivity contribution in [2.45, 2.75) is 19.4 Å². The number of nitrogens with zero attached hydrogens (tertiary/aromatic N) is 3. The van der Waals surface area contributed by atoms with E-state index in [4.69, 9.17) is 10.4 Å². The largest absolute Gasteiger partial charge is 0.481 e. The molecule has 0 aliphatic heterocycles. The number of anilines is 1. The maximum Gasteiger partial charge on any atom is 0.305 e. The van der Waals surface area contributed by atoms with Crippen molar-refractivity contribution in [2.75, 3.05) is 5.32 Å². The number of pyridine rings is 1. The Balaban J connectivity index is 2.93. The number of carboxylic acid groups (broad SMARTS) is 1. The number of aliphatic carboxylic acids is 1. The fourth-order valence-corrected chi connectivity index (χ4v) is 1.30. The molecule has 1 rings (SSSR count). The molecule has 0 aliphatic carbocycles. The molecular weight excluding hydrogens is 240 g/mol. The van der Waals surface area contributed by atoms with Gasteiger partial charge in [-0.2, -0.15) is 5.26 Å². The summed E-state index contributed by atoms with van der Waals surface area (Å²) < 4.78 is 0. The molecule has 0 fully saturated rings. The van der Waals surface area contributed by atoms with Crippen LogP contribution in [0.1, 0.15) is 18.9 Å². The van der Waals surface area contributed by atoms with Crippen LogP contribution in [0, 0.1) is 21.4 Å². The number of nitriles is 1. The maximum atomic E-state index is 10.5. The predicted molar refractivity (Wildman–Crippen MR) is 60.9 cm³/mol. The summed E-state index contributed by atoms with van der Waals surface area (Å²) in [6, 6.07) is 2.42. The highest BCUT2D eigenvalue weighted by Gasteiger charge is 2.14. The lowest BCUT2D eigenvalue weighted by atomic mass is 10.2. The van der Waals surface area contributed by atoms with E-state index in [9.17, 15) is 14.9 Å². The van der Waals surface area contributed by atoms with Gasteiger partial charge in [-0.15, -0.1) is 0 Å². The lowest BCUT2D eigenvalue weighted by Crippen LogP contribution is -2.20. The quantitative estimate of drug-likeness (QED) is 0.591. The van der Waals surface area contributed by atoms with Crippen molar-refractivity contribution in [1.82, 2.24) is 4.98 Å². The first kappa shape index (κ1) is 13.4. The van der Waals surface area contributed by atoms with E-state index in [0.29, 0.717) is 0 Å². The number of carboxylic acids is 1. The van der Waals surface area contributed by atoms with E-state index in [1.165, 1.54) is 0 Å². The van der Waals surface area contributed by atoms with E-state index in [2.05, 4.69) is 10.3 Å². The van der Waals surface area contributed by atoms with Gasteiger partial charge in [-0.1, -0.05) is 0 Å². The summed E-state index contributed by atoms with van der Waals surface area (Å²) in [5.74, 6) is -0.854. The number of carbonyl (C=O) groups is 1. The number of nitro groups is 1. The standard InChI is InChI=1S/C10H10N4O4/c1-6(2-9(15)16)13-10-7(4-11)3-8(5-12-10)14(17)18/h3,5-6H,2H2,1H3,(H,12,13)(H,15,16). The van der Waals surface area contributed by atoms with Crippen LogP contribution in [0.2, 0.25) is 0 Å². The van der Waals surface area contributed by atoms with Gasteiger partial charge >= 0.3 is 5.97 Å². The van der Waals surface area contributed by atoms with Crippen LogP contribution < -0.4 is 5.32 Å². The first-order chi connectivity index (χ1) is 8.43. The first-order valence-corrected chi connectivity index (χ1v) is 4.97. The first-order valence-electron chi connectivity index (χ1n) is 4.97. The average Bonchev–Trinajstić information content (AvgIpc) is 2.27. The summed E-state index contributed by atoms with van der Waals surface area (Å²) in [6.07, 6.45) is 0.861. The normalized spacial score (nSPS) is 11.3. The fraction of sp³-hybridized carbons (Fsp3) is 0.300. The van der Waals surface area contributed by atoms with Gasteiger partial charge in [0.25, 0.3) is 5.69 Å². The van der Waals surface area contributed by atoms with Crippen molar-refractivity contribution >= 4 is 17.5 Å². The molecule has 1 atom stereocenters. The van der Waals surface area contributed by atoms with E-state index >= 15 is 0 Å².